The normalized spacial score (nSPS) is 15.4. The van der Waals surface area contributed by atoms with Gasteiger partial charge in [-0.1, -0.05) is 30.3 Å². The van der Waals surface area contributed by atoms with Crippen LogP contribution in [0.15, 0.2) is 48.5 Å². The van der Waals surface area contributed by atoms with Crippen molar-refractivity contribution in [2.45, 2.75) is 25.3 Å². The summed E-state index contributed by atoms with van der Waals surface area (Å²) in [7, 11) is 1.63. The van der Waals surface area contributed by atoms with Crippen LogP contribution in [0.2, 0.25) is 0 Å². The number of amides is 3. The van der Waals surface area contributed by atoms with Crippen molar-refractivity contribution in [3.05, 3.63) is 69.8 Å². The molecule has 10 nitrogen and oxygen atoms in total. The maximum absolute atomic E-state index is 13.0. The van der Waals surface area contributed by atoms with Gasteiger partial charge in [0.15, 0.2) is 0 Å². The van der Waals surface area contributed by atoms with Crippen molar-refractivity contribution >= 4 is 29.6 Å². The Morgan fingerprint density at radius 3 is 2.35 bits per heavy atom. The number of nitro groups is 1. The maximum atomic E-state index is 13.0. The number of anilines is 1. The second-order valence-corrected chi connectivity index (χ2v) is 8.21. The Labute approximate surface area is 198 Å². The van der Waals surface area contributed by atoms with Crippen LogP contribution in [-0.4, -0.2) is 61.3 Å². The van der Waals surface area contributed by atoms with E-state index in [1.807, 2.05) is 6.07 Å². The highest BCUT2D eigenvalue weighted by Crippen LogP contribution is 2.28. The van der Waals surface area contributed by atoms with E-state index in [1.54, 1.807) is 55.3 Å². The van der Waals surface area contributed by atoms with E-state index in [-0.39, 0.29) is 24.4 Å². The first-order chi connectivity index (χ1) is 16.3. The lowest BCUT2D eigenvalue weighted by molar-refractivity contribution is -0.385. The molecule has 1 saturated heterocycles. The summed E-state index contributed by atoms with van der Waals surface area (Å²) in [4.78, 5) is 51.2. The largest absolute Gasteiger partial charge is 0.368 e. The van der Waals surface area contributed by atoms with E-state index in [9.17, 15) is 24.5 Å². The molecule has 1 fully saturated rings. The first kappa shape index (κ1) is 24.8. The van der Waals surface area contributed by atoms with Crippen LogP contribution < -0.4 is 15.5 Å². The number of rotatable bonds is 9. The van der Waals surface area contributed by atoms with E-state index in [0.29, 0.717) is 43.7 Å². The highest BCUT2D eigenvalue weighted by Gasteiger charge is 2.39. The van der Waals surface area contributed by atoms with Crippen molar-refractivity contribution in [2.75, 3.05) is 38.1 Å². The molecule has 0 radical (unpaired) electrons. The number of hydrogen-bond acceptors (Lipinski definition) is 7. The quantitative estimate of drug-likeness (QED) is 0.327. The zero-order chi connectivity index (χ0) is 24.7. The van der Waals surface area contributed by atoms with E-state index in [4.69, 9.17) is 0 Å². The fourth-order valence-corrected chi connectivity index (χ4v) is 4.38. The van der Waals surface area contributed by atoms with Crippen molar-refractivity contribution in [3.8, 4) is 0 Å². The number of carbonyl (C=O) groups is 3. The minimum Gasteiger partial charge on any atom is -0.368 e. The van der Waals surface area contributed by atoms with E-state index >= 15 is 0 Å². The van der Waals surface area contributed by atoms with Crippen LogP contribution in [0.1, 0.15) is 24.0 Å². The minimum absolute atomic E-state index is 0.0750. The molecule has 180 valence electrons. The van der Waals surface area contributed by atoms with Gasteiger partial charge >= 0.3 is 0 Å². The molecule has 0 spiro atoms. The van der Waals surface area contributed by atoms with Gasteiger partial charge < -0.3 is 15.1 Å². The van der Waals surface area contributed by atoms with Crippen LogP contribution in [0, 0.1) is 17.0 Å². The monoisotopic (exact) mass is 467 g/mol. The molecular formula is C24H29N5O5. The summed E-state index contributed by atoms with van der Waals surface area (Å²) in [5, 5.41) is 16.3. The molecular weight excluding hydrogens is 438 g/mol. The third-order valence-corrected chi connectivity index (χ3v) is 6.36. The second-order valence-electron chi connectivity index (χ2n) is 8.21. The lowest BCUT2D eigenvalue weighted by Crippen LogP contribution is -2.54. The standard InChI is InChI=1S/C24H29N5O5/c1-18-16-20(8-9-21(18)29(33)34)27-12-14-28(15-13-27)22(31)10-11-24(25-2,23(32)26-17-30)19-6-4-3-5-7-19/h3-9,16-17,25H,10-15H2,1-2H3,(H,26,30,32). The first-order valence-electron chi connectivity index (χ1n) is 11.1. The van der Waals surface area contributed by atoms with Crippen molar-refractivity contribution < 1.29 is 19.3 Å². The summed E-state index contributed by atoms with van der Waals surface area (Å²) in [6, 6.07) is 14.0. The van der Waals surface area contributed by atoms with E-state index < -0.39 is 16.4 Å². The SMILES string of the molecule is CNC(CCC(=O)N1CCN(c2ccc([N+](=O)[O-])c(C)c2)CC1)(C(=O)NC=O)c1ccccc1. The number of piperazine rings is 1. The number of benzene rings is 2. The van der Waals surface area contributed by atoms with Gasteiger partial charge in [0.05, 0.1) is 4.92 Å². The van der Waals surface area contributed by atoms with Crippen LogP contribution in [0.3, 0.4) is 0 Å². The molecule has 0 aliphatic carbocycles. The van der Waals surface area contributed by atoms with Crippen LogP contribution in [0.5, 0.6) is 0 Å². The topological polar surface area (TPSA) is 125 Å². The number of likely N-dealkylation sites (N-methyl/N-ethyl adjacent to an activating group) is 1. The number of nitro benzene ring substituents is 1. The summed E-state index contributed by atoms with van der Waals surface area (Å²) >= 11 is 0. The number of aryl methyl sites for hydroxylation is 1. The first-order valence-corrected chi connectivity index (χ1v) is 11.1. The number of carbonyl (C=O) groups excluding carboxylic acids is 3. The molecule has 1 aliphatic heterocycles. The molecule has 0 saturated carbocycles. The van der Waals surface area contributed by atoms with E-state index in [0.717, 1.165) is 5.69 Å². The third kappa shape index (κ3) is 5.23. The number of nitrogens with one attached hydrogen (secondary N) is 2. The Morgan fingerprint density at radius 2 is 1.79 bits per heavy atom. The average Bonchev–Trinajstić information content (AvgIpc) is 2.85. The molecule has 1 aliphatic rings. The molecule has 10 heteroatoms. The van der Waals surface area contributed by atoms with Crippen molar-refractivity contribution in [1.29, 1.82) is 0 Å². The Morgan fingerprint density at radius 1 is 1.12 bits per heavy atom. The molecule has 3 amide bonds. The summed E-state index contributed by atoms with van der Waals surface area (Å²) < 4.78 is 0. The molecule has 1 unspecified atom stereocenters. The van der Waals surface area contributed by atoms with Crippen LogP contribution >= 0.6 is 0 Å². The maximum Gasteiger partial charge on any atom is 0.272 e. The van der Waals surface area contributed by atoms with Crippen LogP contribution in [-0.2, 0) is 19.9 Å². The van der Waals surface area contributed by atoms with Crippen molar-refractivity contribution in [3.63, 3.8) is 0 Å². The Balaban J connectivity index is 1.64. The predicted molar refractivity (Wildman–Crippen MR) is 127 cm³/mol. The third-order valence-electron chi connectivity index (χ3n) is 6.36. The van der Waals surface area contributed by atoms with Gasteiger partial charge in [0.25, 0.3) is 11.6 Å². The lowest BCUT2D eigenvalue weighted by Gasteiger charge is -2.37. The van der Waals surface area contributed by atoms with Gasteiger partial charge in [0.1, 0.15) is 5.54 Å². The zero-order valence-electron chi connectivity index (χ0n) is 19.3. The van der Waals surface area contributed by atoms with Gasteiger partial charge in [0.2, 0.25) is 12.3 Å². The molecule has 2 aromatic carbocycles. The van der Waals surface area contributed by atoms with Gasteiger partial charge in [-0.05, 0) is 38.1 Å². The van der Waals surface area contributed by atoms with Crippen molar-refractivity contribution in [2.24, 2.45) is 0 Å². The molecule has 34 heavy (non-hydrogen) atoms. The predicted octanol–water partition coefficient (Wildman–Crippen LogP) is 1.72. The summed E-state index contributed by atoms with van der Waals surface area (Å²) in [6.45, 7) is 3.93. The summed E-state index contributed by atoms with van der Waals surface area (Å²) in [5.74, 6) is -0.587. The highest BCUT2D eigenvalue weighted by atomic mass is 16.6. The van der Waals surface area contributed by atoms with Gasteiger partial charge in [-0.15, -0.1) is 0 Å². The van der Waals surface area contributed by atoms with E-state index in [1.165, 1.54) is 6.07 Å². The molecule has 1 atom stereocenters. The van der Waals surface area contributed by atoms with Gasteiger partial charge in [-0.3, -0.25) is 29.8 Å². The molecule has 1 heterocycles. The Hall–Kier alpha value is -3.79. The molecule has 2 N–H and O–H groups in total. The number of imide groups is 1. The zero-order valence-corrected chi connectivity index (χ0v) is 19.3. The van der Waals surface area contributed by atoms with Gasteiger partial charge in [-0.25, -0.2) is 0 Å². The van der Waals surface area contributed by atoms with Crippen molar-refractivity contribution in [1.82, 2.24) is 15.5 Å². The lowest BCUT2D eigenvalue weighted by atomic mass is 9.84. The van der Waals surface area contributed by atoms with Crippen LogP contribution in [0.4, 0.5) is 11.4 Å². The fourth-order valence-electron chi connectivity index (χ4n) is 4.38. The molecule has 0 aromatic heterocycles. The van der Waals surface area contributed by atoms with E-state index in [2.05, 4.69) is 15.5 Å². The smallest absolute Gasteiger partial charge is 0.272 e. The highest BCUT2D eigenvalue weighted by molar-refractivity contribution is 5.94. The fraction of sp³-hybridized carbons (Fsp3) is 0.375. The Kier molecular flexibility index (Phi) is 7.95. The number of nitrogens with zero attached hydrogens (tertiary/aromatic N) is 3. The van der Waals surface area contributed by atoms with Gasteiger partial charge in [-0.2, -0.15) is 0 Å². The minimum atomic E-state index is -1.21. The van der Waals surface area contributed by atoms with Gasteiger partial charge in [0, 0.05) is 49.9 Å². The Bertz CT molecular complexity index is 1050. The second kappa shape index (κ2) is 10.9. The summed E-state index contributed by atoms with van der Waals surface area (Å²) in [5.41, 5.74) is 1.03. The molecule has 3 rings (SSSR count). The molecule has 2 aromatic rings. The molecule has 0 bridgehead atoms. The summed E-state index contributed by atoms with van der Waals surface area (Å²) in [6.07, 6.45) is 0.657. The van der Waals surface area contributed by atoms with Crippen LogP contribution in [0.25, 0.3) is 0 Å². The number of hydrogen-bond donors (Lipinski definition) is 2. The average molecular weight is 468 g/mol.